The van der Waals surface area contributed by atoms with E-state index in [0.29, 0.717) is 0 Å². The molecule has 0 spiro atoms. The number of aryl methyl sites for hydroxylation is 1. The first-order chi connectivity index (χ1) is 8.08. The van der Waals surface area contributed by atoms with Gasteiger partial charge in [-0.25, -0.2) is 4.98 Å². The number of hydrogen-bond donors (Lipinski definition) is 2. The highest BCUT2D eigenvalue weighted by atomic mass is 15.2. The third kappa shape index (κ3) is 2.57. The number of nitrogens with one attached hydrogen (secondary N) is 1. The van der Waals surface area contributed by atoms with Crippen molar-refractivity contribution in [2.24, 2.45) is 11.7 Å². The van der Waals surface area contributed by atoms with Gasteiger partial charge in [-0.3, -0.25) is 5.41 Å². The average molecular weight is 232 g/mol. The number of rotatable bonds is 2. The number of nitrogens with two attached hydrogens (primary N) is 1. The summed E-state index contributed by atoms with van der Waals surface area (Å²) < 4.78 is 0. The van der Waals surface area contributed by atoms with E-state index in [1.54, 1.807) is 0 Å². The van der Waals surface area contributed by atoms with Gasteiger partial charge in [0.25, 0.3) is 0 Å². The molecule has 1 aromatic heterocycles. The third-order valence-electron chi connectivity index (χ3n) is 3.39. The van der Waals surface area contributed by atoms with Crippen molar-refractivity contribution in [3.8, 4) is 0 Å². The number of anilines is 1. The van der Waals surface area contributed by atoms with Crippen LogP contribution in [0.25, 0.3) is 0 Å². The number of nitrogen functional groups attached to an aromatic ring is 1. The Bertz CT molecular complexity index is 419. The molecule has 1 aliphatic heterocycles. The molecule has 0 amide bonds. The minimum atomic E-state index is 0.103. The predicted octanol–water partition coefficient (Wildman–Crippen LogP) is 1.91. The molecule has 0 radical (unpaired) electrons. The van der Waals surface area contributed by atoms with E-state index in [1.807, 2.05) is 19.1 Å². The first-order valence-corrected chi connectivity index (χ1v) is 6.15. The van der Waals surface area contributed by atoms with Gasteiger partial charge in [-0.1, -0.05) is 6.92 Å². The maximum Gasteiger partial charge on any atom is 0.139 e. The molecule has 4 heteroatoms. The average Bonchev–Trinajstić information content (AvgIpc) is 2.29. The molecule has 0 aromatic carbocycles. The number of hydrogen-bond acceptors (Lipinski definition) is 3. The minimum Gasteiger partial charge on any atom is -0.384 e. The summed E-state index contributed by atoms with van der Waals surface area (Å²) in [5.74, 6) is 1.77. The van der Waals surface area contributed by atoms with Gasteiger partial charge in [0, 0.05) is 18.8 Å². The molecule has 2 heterocycles. The van der Waals surface area contributed by atoms with Gasteiger partial charge in [-0.15, -0.1) is 0 Å². The van der Waals surface area contributed by atoms with Crippen LogP contribution in [0.5, 0.6) is 0 Å². The minimum absolute atomic E-state index is 0.103. The molecule has 1 fully saturated rings. The Kier molecular flexibility index (Phi) is 3.31. The van der Waals surface area contributed by atoms with Crippen LogP contribution in [0.3, 0.4) is 0 Å². The second-order valence-electron chi connectivity index (χ2n) is 4.91. The van der Waals surface area contributed by atoms with Crippen molar-refractivity contribution in [3.05, 3.63) is 23.4 Å². The number of amidine groups is 1. The molecule has 0 saturated carbocycles. The van der Waals surface area contributed by atoms with Crippen LogP contribution < -0.4 is 10.6 Å². The molecule has 0 aliphatic carbocycles. The summed E-state index contributed by atoms with van der Waals surface area (Å²) in [7, 11) is 0. The highest BCUT2D eigenvalue weighted by molar-refractivity contribution is 5.99. The standard InChI is InChI=1S/C13H20N4/c1-9-5-7-17(8-6-9)13-11(12(14)15)4-3-10(2)16-13/h3-4,9H,5-8H2,1-2H3,(H3,14,15). The summed E-state index contributed by atoms with van der Waals surface area (Å²) in [6.07, 6.45) is 2.37. The number of aromatic nitrogens is 1. The summed E-state index contributed by atoms with van der Waals surface area (Å²) >= 11 is 0. The molecule has 1 saturated heterocycles. The van der Waals surface area contributed by atoms with E-state index < -0.39 is 0 Å². The summed E-state index contributed by atoms with van der Waals surface area (Å²) in [5.41, 5.74) is 7.35. The summed E-state index contributed by atoms with van der Waals surface area (Å²) in [6.45, 7) is 6.28. The van der Waals surface area contributed by atoms with Gasteiger partial charge in [-0.2, -0.15) is 0 Å². The Labute approximate surface area is 102 Å². The van der Waals surface area contributed by atoms with E-state index in [-0.39, 0.29) is 5.84 Å². The van der Waals surface area contributed by atoms with Crippen molar-refractivity contribution in [2.75, 3.05) is 18.0 Å². The molecule has 17 heavy (non-hydrogen) atoms. The van der Waals surface area contributed by atoms with Crippen LogP contribution in [0.4, 0.5) is 5.82 Å². The van der Waals surface area contributed by atoms with Gasteiger partial charge in [0.15, 0.2) is 0 Å². The Morgan fingerprint density at radius 3 is 2.65 bits per heavy atom. The number of nitrogens with zero attached hydrogens (tertiary/aromatic N) is 2. The zero-order valence-electron chi connectivity index (χ0n) is 10.5. The molecule has 92 valence electrons. The Hall–Kier alpha value is -1.58. The molecule has 1 aliphatic rings. The SMILES string of the molecule is Cc1ccc(C(=N)N)c(N2CCC(C)CC2)n1. The van der Waals surface area contributed by atoms with Crippen molar-refractivity contribution in [2.45, 2.75) is 26.7 Å². The van der Waals surface area contributed by atoms with Crippen molar-refractivity contribution in [3.63, 3.8) is 0 Å². The van der Waals surface area contributed by atoms with Crippen molar-refractivity contribution in [1.82, 2.24) is 4.98 Å². The zero-order valence-corrected chi connectivity index (χ0v) is 10.5. The van der Waals surface area contributed by atoms with Gasteiger partial charge < -0.3 is 10.6 Å². The van der Waals surface area contributed by atoms with Crippen LogP contribution in [0, 0.1) is 18.3 Å². The molecular formula is C13H20N4. The maximum atomic E-state index is 7.62. The normalized spacial score (nSPS) is 17.2. The second kappa shape index (κ2) is 4.73. The zero-order chi connectivity index (χ0) is 12.4. The molecule has 2 rings (SSSR count). The Balaban J connectivity index is 2.30. The fraction of sp³-hybridized carbons (Fsp3) is 0.538. The Morgan fingerprint density at radius 1 is 1.41 bits per heavy atom. The fourth-order valence-electron chi connectivity index (χ4n) is 2.21. The highest BCUT2D eigenvalue weighted by Gasteiger charge is 2.20. The third-order valence-corrected chi connectivity index (χ3v) is 3.39. The van der Waals surface area contributed by atoms with Crippen molar-refractivity contribution >= 4 is 11.7 Å². The van der Waals surface area contributed by atoms with Gasteiger partial charge in [0.2, 0.25) is 0 Å². The molecule has 0 atom stereocenters. The monoisotopic (exact) mass is 232 g/mol. The molecule has 0 bridgehead atoms. The van der Waals surface area contributed by atoms with Crippen LogP contribution in [-0.4, -0.2) is 23.9 Å². The van der Waals surface area contributed by atoms with Gasteiger partial charge in [0.05, 0.1) is 5.56 Å². The lowest BCUT2D eigenvalue weighted by Gasteiger charge is -2.32. The number of piperidine rings is 1. The molecule has 0 unspecified atom stereocenters. The first-order valence-electron chi connectivity index (χ1n) is 6.15. The summed E-state index contributed by atoms with van der Waals surface area (Å²) in [5, 5.41) is 7.62. The van der Waals surface area contributed by atoms with Gasteiger partial charge in [-0.05, 0) is 37.8 Å². The van der Waals surface area contributed by atoms with Crippen LogP contribution in [0.15, 0.2) is 12.1 Å². The van der Waals surface area contributed by atoms with Crippen LogP contribution in [-0.2, 0) is 0 Å². The van der Waals surface area contributed by atoms with E-state index in [1.165, 1.54) is 12.8 Å². The first kappa shape index (κ1) is 11.9. The smallest absolute Gasteiger partial charge is 0.139 e. The van der Waals surface area contributed by atoms with Crippen molar-refractivity contribution in [1.29, 1.82) is 5.41 Å². The Morgan fingerprint density at radius 2 is 2.06 bits per heavy atom. The molecule has 4 nitrogen and oxygen atoms in total. The van der Waals surface area contributed by atoms with Gasteiger partial charge in [0.1, 0.15) is 11.7 Å². The van der Waals surface area contributed by atoms with Crippen LogP contribution >= 0.6 is 0 Å². The fourth-order valence-corrected chi connectivity index (χ4v) is 2.21. The van der Waals surface area contributed by atoms with E-state index in [4.69, 9.17) is 11.1 Å². The quantitative estimate of drug-likeness (QED) is 0.604. The molecular weight excluding hydrogens is 212 g/mol. The predicted molar refractivity (Wildman–Crippen MR) is 70.6 cm³/mol. The molecule has 1 aromatic rings. The summed E-state index contributed by atoms with van der Waals surface area (Å²) in [4.78, 5) is 6.80. The second-order valence-corrected chi connectivity index (χ2v) is 4.91. The van der Waals surface area contributed by atoms with E-state index in [2.05, 4.69) is 16.8 Å². The van der Waals surface area contributed by atoms with E-state index in [0.717, 1.165) is 36.1 Å². The topological polar surface area (TPSA) is 66.0 Å². The molecule has 3 N–H and O–H groups in total. The summed E-state index contributed by atoms with van der Waals surface area (Å²) in [6, 6.07) is 3.81. The lowest BCUT2D eigenvalue weighted by Crippen LogP contribution is -2.35. The maximum absolute atomic E-state index is 7.62. The van der Waals surface area contributed by atoms with E-state index >= 15 is 0 Å². The van der Waals surface area contributed by atoms with Crippen LogP contribution in [0.2, 0.25) is 0 Å². The van der Waals surface area contributed by atoms with E-state index in [9.17, 15) is 0 Å². The lowest BCUT2D eigenvalue weighted by molar-refractivity contribution is 0.436. The largest absolute Gasteiger partial charge is 0.384 e. The van der Waals surface area contributed by atoms with Crippen LogP contribution in [0.1, 0.15) is 31.0 Å². The lowest BCUT2D eigenvalue weighted by atomic mass is 9.99. The number of pyridine rings is 1. The van der Waals surface area contributed by atoms with Crippen molar-refractivity contribution < 1.29 is 0 Å². The van der Waals surface area contributed by atoms with Gasteiger partial charge >= 0.3 is 0 Å². The highest BCUT2D eigenvalue weighted by Crippen LogP contribution is 2.24.